The van der Waals surface area contributed by atoms with Crippen molar-refractivity contribution in [1.82, 2.24) is 15.6 Å². The highest BCUT2D eigenvalue weighted by atomic mass is 16.5. The van der Waals surface area contributed by atoms with E-state index < -0.39 is 0 Å². The number of methoxy groups -OCH3 is 2. The van der Waals surface area contributed by atoms with E-state index >= 15 is 0 Å². The first-order valence-electron chi connectivity index (χ1n) is 14.8. The van der Waals surface area contributed by atoms with Crippen molar-refractivity contribution in [1.29, 1.82) is 0 Å². The van der Waals surface area contributed by atoms with Crippen LogP contribution in [0, 0.1) is 23.7 Å². The summed E-state index contributed by atoms with van der Waals surface area (Å²) in [6.07, 6.45) is 5.60. The van der Waals surface area contributed by atoms with Crippen LogP contribution in [0.2, 0.25) is 0 Å². The number of anilines is 1. The molecule has 6 atom stereocenters. The Morgan fingerprint density at radius 2 is 1.82 bits per heavy atom. The average molecular weight is 553 g/mol. The van der Waals surface area contributed by atoms with E-state index in [0.717, 1.165) is 53.9 Å². The predicted molar refractivity (Wildman–Crippen MR) is 154 cm³/mol. The molecule has 0 radical (unpaired) electrons. The summed E-state index contributed by atoms with van der Waals surface area (Å²) in [5, 5.41) is 10.6. The summed E-state index contributed by atoms with van der Waals surface area (Å²) in [6, 6.07) is 8.31. The van der Waals surface area contributed by atoms with Gasteiger partial charge in [0.25, 0.3) is 0 Å². The van der Waals surface area contributed by atoms with E-state index in [-0.39, 0.29) is 41.9 Å². The third-order valence-electron chi connectivity index (χ3n) is 9.00. The van der Waals surface area contributed by atoms with Gasteiger partial charge in [-0.1, -0.05) is 6.92 Å². The maximum Gasteiger partial charge on any atom is 0.223 e. The minimum atomic E-state index is -0.201. The average Bonchev–Trinajstić information content (AvgIpc) is 3.79. The molecule has 3 N–H and O–H groups in total. The lowest BCUT2D eigenvalue weighted by Gasteiger charge is -2.49. The standard InChI is InChI=1S/C31H44N4O5/c1-5-26-24-16-29(39-4)28(38-3)15-23(24)25(31(37)35-26)14-21-12-20-13-22(40-17-19-6-7-19)8-9-27(20)34-30(21)33-11-10-32-18(2)36/h8-9,12-13,19,23-26,28-29H,5-7,10-11,14-17H2,1-4H3,(H,32,36)(H,33,34)(H,35,37). The van der Waals surface area contributed by atoms with E-state index in [4.69, 9.17) is 19.2 Å². The normalized spacial score (nSPS) is 28.1. The van der Waals surface area contributed by atoms with Crippen LogP contribution in [-0.4, -0.2) is 69.0 Å². The molecule has 2 aromatic rings. The number of rotatable bonds is 12. The predicted octanol–water partition coefficient (Wildman–Crippen LogP) is 3.69. The molecule has 5 rings (SSSR count). The van der Waals surface area contributed by atoms with Gasteiger partial charge in [-0.25, -0.2) is 4.98 Å². The zero-order chi connectivity index (χ0) is 28.2. The molecule has 218 valence electrons. The molecule has 1 aliphatic heterocycles. The lowest BCUT2D eigenvalue weighted by atomic mass is 9.63. The summed E-state index contributed by atoms with van der Waals surface area (Å²) in [5.74, 6) is 2.62. The summed E-state index contributed by atoms with van der Waals surface area (Å²) in [6.45, 7) is 5.43. The number of amides is 2. The molecular weight excluding hydrogens is 508 g/mol. The van der Waals surface area contributed by atoms with Crippen molar-refractivity contribution < 1.29 is 23.8 Å². The van der Waals surface area contributed by atoms with Crippen LogP contribution in [0.5, 0.6) is 5.75 Å². The smallest absolute Gasteiger partial charge is 0.223 e. The molecule has 2 saturated carbocycles. The van der Waals surface area contributed by atoms with Crippen molar-refractivity contribution in [3.8, 4) is 5.75 Å². The van der Waals surface area contributed by atoms with Gasteiger partial charge in [0.2, 0.25) is 11.8 Å². The summed E-state index contributed by atoms with van der Waals surface area (Å²) < 4.78 is 17.7. The van der Waals surface area contributed by atoms with Crippen molar-refractivity contribution in [3.05, 3.63) is 29.8 Å². The zero-order valence-corrected chi connectivity index (χ0v) is 24.2. The van der Waals surface area contributed by atoms with Crippen molar-refractivity contribution in [2.45, 2.75) is 70.6 Å². The lowest BCUT2D eigenvalue weighted by molar-refractivity contribution is -0.144. The van der Waals surface area contributed by atoms with E-state index in [1.807, 2.05) is 12.1 Å². The molecule has 1 saturated heterocycles. The fourth-order valence-electron chi connectivity index (χ4n) is 6.60. The summed E-state index contributed by atoms with van der Waals surface area (Å²) in [4.78, 5) is 29.9. The molecule has 9 nitrogen and oxygen atoms in total. The van der Waals surface area contributed by atoms with E-state index in [9.17, 15) is 9.59 Å². The van der Waals surface area contributed by atoms with Crippen LogP contribution in [-0.2, 0) is 25.5 Å². The number of carbonyl (C=O) groups excluding carboxylic acids is 2. The molecule has 9 heteroatoms. The number of nitrogens with one attached hydrogen (secondary N) is 3. The Morgan fingerprint density at radius 1 is 1.07 bits per heavy atom. The molecule has 3 aliphatic rings. The van der Waals surface area contributed by atoms with Crippen molar-refractivity contribution >= 4 is 28.5 Å². The van der Waals surface area contributed by atoms with Crippen LogP contribution in [0.15, 0.2) is 24.3 Å². The van der Waals surface area contributed by atoms with Crippen LogP contribution in [0.3, 0.4) is 0 Å². The summed E-state index contributed by atoms with van der Waals surface area (Å²) >= 11 is 0. The number of hydrogen-bond acceptors (Lipinski definition) is 7. The number of piperidine rings is 1. The molecule has 2 amide bonds. The number of pyridine rings is 1. The minimum Gasteiger partial charge on any atom is -0.493 e. The molecule has 6 unspecified atom stereocenters. The van der Waals surface area contributed by atoms with Gasteiger partial charge in [0.1, 0.15) is 11.6 Å². The Hall–Kier alpha value is -2.91. The number of carbonyl (C=O) groups is 2. The highest BCUT2D eigenvalue weighted by molar-refractivity contribution is 5.85. The van der Waals surface area contributed by atoms with Crippen LogP contribution in [0.4, 0.5) is 5.82 Å². The molecule has 0 spiro atoms. The number of aromatic nitrogens is 1. The first-order valence-corrected chi connectivity index (χ1v) is 14.8. The van der Waals surface area contributed by atoms with Crippen LogP contribution in [0.1, 0.15) is 51.5 Å². The van der Waals surface area contributed by atoms with E-state index in [0.29, 0.717) is 31.3 Å². The van der Waals surface area contributed by atoms with Crippen LogP contribution in [0.25, 0.3) is 10.9 Å². The Kier molecular flexibility index (Phi) is 9.10. The second-order valence-electron chi connectivity index (χ2n) is 11.7. The quantitative estimate of drug-likeness (QED) is 0.345. The summed E-state index contributed by atoms with van der Waals surface area (Å²) in [5.41, 5.74) is 1.85. The molecule has 2 heterocycles. The highest BCUT2D eigenvalue weighted by Crippen LogP contribution is 2.44. The Morgan fingerprint density at radius 3 is 2.50 bits per heavy atom. The molecule has 1 aromatic heterocycles. The van der Waals surface area contributed by atoms with Gasteiger partial charge in [-0.05, 0) is 86.1 Å². The summed E-state index contributed by atoms with van der Waals surface area (Å²) in [7, 11) is 3.48. The number of hydrogen-bond donors (Lipinski definition) is 3. The van der Waals surface area contributed by atoms with Gasteiger partial charge in [0.15, 0.2) is 0 Å². The van der Waals surface area contributed by atoms with Gasteiger partial charge >= 0.3 is 0 Å². The number of fused-ring (bicyclic) bond motifs is 2. The molecule has 40 heavy (non-hydrogen) atoms. The van der Waals surface area contributed by atoms with Gasteiger partial charge < -0.3 is 30.2 Å². The number of benzene rings is 1. The van der Waals surface area contributed by atoms with Gasteiger partial charge in [-0.15, -0.1) is 0 Å². The van der Waals surface area contributed by atoms with Crippen LogP contribution >= 0.6 is 0 Å². The van der Waals surface area contributed by atoms with Gasteiger partial charge in [-0.2, -0.15) is 0 Å². The molecule has 2 aliphatic carbocycles. The molecule has 1 aromatic carbocycles. The molecule has 3 fully saturated rings. The van der Waals surface area contributed by atoms with E-state index in [2.05, 4.69) is 35.0 Å². The zero-order valence-electron chi connectivity index (χ0n) is 24.2. The fraction of sp³-hybridized carbons (Fsp3) is 0.645. The third-order valence-corrected chi connectivity index (χ3v) is 9.00. The Balaban J connectivity index is 1.44. The number of ether oxygens (including phenoxy) is 3. The maximum atomic E-state index is 13.6. The van der Waals surface area contributed by atoms with Gasteiger partial charge in [0.05, 0.1) is 24.3 Å². The molecular formula is C31H44N4O5. The topological polar surface area (TPSA) is 111 Å². The third kappa shape index (κ3) is 6.52. The van der Waals surface area contributed by atoms with E-state index in [1.54, 1.807) is 14.2 Å². The van der Waals surface area contributed by atoms with Gasteiger partial charge in [-0.3, -0.25) is 9.59 Å². The lowest BCUT2D eigenvalue weighted by Crippen LogP contribution is -2.59. The monoisotopic (exact) mass is 552 g/mol. The largest absolute Gasteiger partial charge is 0.493 e. The Labute approximate surface area is 237 Å². The van der Waals surface area contributed by atoms with Crippen LogP contribution < -0.4 is 20.7 Å². The highest BCUT2D eigenvalue weighted by Gasteiger charge is 2.49. The van der Waals surface area contributed by atoms with Gasteiger partial charge in [0, 0.05) is 51.6 Å². The maximum absolute atomic E-state index is 13.6. The Bertz CT molecular complexity index is 1200. The number of nitrogens with zero attached hydrogens (tertiary/aromatic N) is 1. The first kappa shape index (κ1) is 28.6. The fourth-order valence-corrected chi connectivity index (χ4v) is 6.60. The first-order chi connectivity index (χ1) is 19.4. The van der Waals surface area contributed by atoms with Crippen molar-refractivity contribution in [2.24, 2.45) is 23.7 Å². The van der Waals surface area contributed by atoms with E-state index in [1.165, 1.54) is 19.8 Å². The minimum absolute atomic E-state index is 0.0263. The second kappa shape index (κ2) is 12.7. The van der Waals surface area contributed by atoms with Crippen molar-refractivity contribution in [2.75, 3.05) is 39.2 Å². The SMILES string of the molecule is CCC1NC(=O)C(Cc2cc3cc(OCC4CC4)ccc3nc2NCCNC(C)=O)C2CC(OC)C(OC)CC12. The molecule has 0 bridgehead atoms. The van der Waals surface area contributed by atoms with Crippen molar-refractivity contribution in [3.63, 3.8) is 0 Å². The second-order valence-corrected chi connectivity index (χ2v) is 11.7.